The van der Waals surface area contributed by atoms with Crippen molar-refractivity contribution < 1.29 is 23.9 Å². The van der Waals surface area contributed by atoms with Crippen LogP contribution in [0.3, 0.4) is 0 Å². The molecule has 3 saturated heterocycles. The second-order valence-electron chi connectivity index (χ2n) is 10.4. The van der Waals surface area contributed by atoms with Gasteiger partial charge in [0.25, 0.3) is 11.8 Å². The van der Waals surface area contributed by atoms with E-state index in [1.165, 1.54) is 0 Å². The largest absolute Gasteiger partial charge is 0.376 e. The highest BCUT2D eigenvalue weighted by Crippen LogP contribution is 2.39. The van der Waals surface area contributed by atoms with E-state index in [0.717, 1.165) is 24.0 Å². The van der Waals surface area contributed by atoms with Crippen molar-refractivity contribution in [1.82, 2.24) is 15.1 Å². The number of rotatable bonds is 5. The predicted molar refractivity (Wildman–Crippen MR) is 138 cm³/mol. The number of aryl methyl sites for hydroxylation is 2. The Morgan fingerprint density at radius 2 is 1.51 bits per heavy atom. The summed E-state index contributed by atoms with van der Waals surface area (Å²) in [5.41, 5.74) is 2.39. The second kappa shape index (κ2) is 10.6. The SMILES string of the molecule is Cc1ccc(C(=O)N2CCC3(CC2)OC[C@@H](C(=O)NC[C@@H]2CCCO2)N3C(=O)c2ccc(C)cc2)cc1. The molecule has 0 radical (unpaired) electrons. The van der Waals surface area contributed by atoms with Crippen molar-refractivity contribution in [1.29, 1.82) is 0 Å². The van der Waals surface area contributed by atoms with Gasteiger partial charge in [-0.15, -0.1) is 0 Å². The zero-order valence-corrected chi connectivity index (χ0v) is 21.6. The Morgan fingerprint density at radius 3 is 2.08 bits per heavy atom. The first-order chi connectivity index (χ1) is 17.9. The number of carbonyl (C=O) groups excluding carboxylic acids is 3. The van der Waals surface area contributed by atoms with Crippen molar-refractivity contribution in [2.75, 3.05) is 32.8 Å². The standard InChI is InChI=1S/C29H35N3O5/c1-20-5-9-22(10-6-20)27(34)31-15-13-29(14-16-31)32(28(35)23-11-7-21(2)8-12-23)25(19-37-29)26(33)30-18-24-4-3-17-36-24/h5-12,24-25H,3-4,13-19H2,1-2H3,(H,30,33)/t24-,25-/m0/s1. The fourth-order valence-corrected chi connectivity index (χ4v) is 5.48. The molecule has 3 aliphatic heterocycles. The molecule has 0 unspecified atom stereocenters. The second-order valence-corrected chi connectivity index (χ2v) is 10.4. The molecule has 0 saturated carbocycles. The number of hydrogen-bond donors (Lipinski definition) is 1. The normalized spacial score (nSPS) is 22.9. The molecule has 1 spiro atoms. The lowest BCUT2D eigenvalue weighted by molar-refractivity contribution is -0.128. The van der Waals surface area contributed by atoms with E-state index in [9.17, 15) is 14.4 Å². The maximum atomic E-state index is 13.8. The van der Waals surface area contributed by atoms with E-state index >= 15 is 0 Å². The first-order valence-electron chi connectivity index (χ1n) is 13.2. The minimum absolute atomic E-state index is 0.0116. The molecule has 0 aromatic heterocycles. The van der Waals surface area contributed by atoms with Gasteiger partial charge in [-0.1, -0.05) is 35.4 Å². The van der Waals surface area contributed by atoms with Crippen molar-refractivity contribution in [2.24, 2.45) is 0 Å². The van der Waals surface area contributed by atoms with E-state index in [1.807, 2.05) is 50.2 Å². The molecule has 2 atom stereocenters. The number of nitrogens with zero attached hydrogens (tertiary/aromatic N) is 2. The number of hydrogen-bond acceptors (Lipinski definition) is 5. The van der Waals surface area contributed by atoms with E-state index in [0.29, 0.717) is 50.2 Å². The van der Waals surface area contributed by atoms with Crippen LogP contribution in [0.4, 0.5) is 0 Å². The third-order valence-corrected chi connectivity index (χ3v) is 7.74. The van der Waals surface area contributed by atoms with Gasteiger partial charge in [-0.2, -0.15) is 0 Å². The molecule has 1 N–H and O–H groups in total. The van der Waals surface area contributed by atoms with Gasteiger partial charge in [0.1, 0.15) is 11.8 Å². The molecule has 37 heavy (non-hydrogen) atoms. The van der Waals surface area contributed by atoms with Crippen LogP contribution in [0.2, 0.25) is 0 Å². The molecule has 2 aromatic carbocycles. The molecular formula is C29H35N3O5. The average Bonchev–Trinajstić information content (AvgIpc) is 3.56. The molecule has 3 aliphatic rings. The fraction of sp³-hybridized carbons (Fsp3) is 0.483. The highest BCUT2D eigenvalue weighted by molar-refractivity contribution is 5.98. The Balaban J connectivity index is 1.34. The lowest BCUT2D eigenvalue weighted by Crippen LogP contribution is -2.60. The average molecular weight is 506 g/mol. The molecule has 5 rings (SSSR count). The number of nitrogens with one attached hydrogen (secondary N) is 1. The Bertz CT molecular complexity index is 1130. The minimum Gasteiger partial charge on any atom is -0.376 e. The molecule has 8 heteroatoms. The number of ether oxygens (including phenoxy) is 2. The minimum atomic E-state index is -0.933. The zero-order chi connectivity index (χ0) is 26.0. The Labute approximate surface area is 217 Å². The maximum Gasteiger partial charge on any atom is 0.256 e. The molecule has 0 aliphatic carbocycles. The van der Waals surface area contributed by atoms with Gasteiger partial charge >= 0.3 is 0 Å². The summed E-state index contributed by atoms with van der Waals surface area (Å²) in [4.78, 5) is 43.7. The van der Waals surface area contributed by atoms with Gasteiger partial charge in [-0.05, 0) is 51.0 Å². The van der Waals surface area contributed by atoms with Crippen molar-refractivity contribution in [3.05, 3.63) is 70.8 Å². The summed E-state index contributed by atoms with van der Waals surface area (Å²) in [5, 5.41) is 2.98. The quantitative estimate of drug-likeness (QED) is 0.675. The smallest absolute Gasteiger partial charge is 0.256 e. The van der Waals surface area contributed by atoms with Gasteiger partial charge in [0, 0.05) is 50.2 Å². The van der Waals surface area contributed by atoms with Gasteiger partial charge in [-0.25, -0.2) is 0 Å². The lowest BCUT2D eigenvalue weighted by atomic mass is 9.95. The summed E-state index contributed by atoms with van der Waals surface area (Å²) >= 11 is 0. The van der Waals surface area contributed by atoms with Gasteiger partial charge in [0.05, 0.1) is 12.7 Å². The van der Waals surface area contributed by atoms with Gasteiger partial charge in [0.15, 0.2) is 0 Å². The summed E-state index contributed by atoms with van der Waals surface area (Å²) in [6.45, 7) is 6.10. The van der Waals surface area contributed by atoms with Crippen molar-refractivity contribution in [3.63, 3.8) is 0 Å². The van der Waals surface area contributed by atoms with Crippen LogP contribution in [0.1, 0.15) is 57.5 Å². The first-order valence-corrected chi connectivity index (χ1v) is 13.2. The summed E-state index contributed by atoms with van der Waals surface area (Å²) in [5.74, 6) is -0.491. The zero-order valence-electron chi connectivity index (χ0n) is 21.6. The van der Waals surface area contributed by atoms with Crippen molar-refractivity contribution in [3.8, 4) is 0 Å². The number of piperidine rings is 1. The van der Waals surface area contributed by atoms with Gasteiger partial charge < -0.3 is 19.7 Å². The topological polar surface area (TPSA) is 88.2 Å². The van der Waals surface area contributed by atoms with Crippen LogP contribution in [-0.2, 0) is 14.3 Å². The number of benzene rings is 2. The van der Waals surface area contributed by atoms with Crippen LogP contribution in [0, 0.1) is 13.8 Å². The van der Waals surface area contributed by atoms with Crippen LogP contribution >= 0.6 is 0 Å². The molecule has 2 aromatic rings. The van der Waals surface area contributed by atoms with E-state index in [4.69, 9.17) is 9.47 Å². The molecule has 3 heterocycles. The Hall–Kier alpha value is -3.23. The van der Waals surface area contributed by atoms with E-state index < -0.39 is 11.8 Å². The fourth-order valence-electron chi connectivity index (χ4n) is 5.48. The van der Waals surface area contributed by atoms with Crippen molar-refractivity contribution in [2.45, 2.75) is 57.4 Å². The van der Waals surface area contributed by atoms with Crippen LogP contribution in [-0.4, -0.2) is 78.2 Å². The Kier molecular flexibility index (Phi) is 7.31. The van der Waals surface area contributed by atoms with Crippen molar-refractivity contribution >= 4 is 17.7 Å². The lowest BCUT2D eigenvalue weighted by Gasteiger charge is -2.44. The predicted octanol–water partition coefficient (Wildman–Crippen LogP) is 3.07. The summed E-state index contributed by atoms with van der Waals surface area (Å²) in [6, 6.07) is 14.2. The molecular weight excluding hydrogens is 470 g/mol. The summed E-state index contributed by atoms with van der Waals surface area (Å²) in [6.07, 6.45) is 2.81. The first kappa shape index (κ1) is 25.4. The highest BCUT2D eigenvalue weighted by Gasteiger charge is 2.54. The molecule has 3 amide bonds. The molecule has 0 bridgehead atoms. The summed E-state index contributed by atoms with van der Waals surface area (Å²) in [7, 11) is 0. The number of amides is 3. The third-order valence-electron chi connectivity index (χ3n) is 7.74. The number of likely N-dealkylation sites (tertiary alicyclic amines) is 1. The monoisotopic (exact) mass is 505 g/mol. The van der Waals surface area contributed by atoms with Crippen LogP contribution in [0.15, 0.2) is 48.5 Å². The van der Waals surface area contributed by atoms with E-state index in [-0.39, 0.29) is 30.4 Å². The third kappa shape index (κ3) is 5.26. The van der Waals surface area contributed by atoms with E-state index in [1.54, 1.807) is 21.9 Å². The molecule has 8 nitrogen and oxygen atoms in total. The van der Waals surface area contributed by atoms with Crippen LogP contribution in [0.5, 0.6) is 0 Å². The van der Waals surface area contributed by atoms with Gasteiger partial charge in [-0.3, -0.25) is 19.3 Å². The Morgan fingerprint density at radius 1 is 0.919 bits per heavy atom. The maximum absolute atomic E-state index is 13.8. The summed E-state index contributed by atoms with van der Waals surface area (Å²) < 4.78 is 11.9. The number of carbonyl (C=O) groups is 3. The van der Waals surface area contributed by atoms with Gasteiger partial charge in [0.2, 0.25) is 5.91 Å². The van der Waals surface area contributed by atoms with E-state index in [2.05, 4.69) is 5.32 Å². The van der Waals surface area contributed by atoms with Crippen LogP contribution in [0.25, 0.3) is 0 Å². The highest BCUT2D eigenvalue weighted by atomic mass is 16.5. The molecule has 3 fully saturated rings. The molecule has 196 valence electrons. The van der Waals surface area contributed by atoms with Crippen LogP contribution < -0.4 is 5.32 Å².